The van der Waals surface area contributed by atoms with Crippen LogP contribution in [-0.4, -0.2) is 24.0 Å². The average Bonchev–Trinajstić information content (AvgIpc) is 2.34. The molecule has 0 aromatic heterocycles. The van der Waals surface area contributed by atoms with Crippen molar-refractivity contribution in [2.75, 3.05) is 7.11 Å². The zero-order valence-corrected chi connectivity index (χ0v) is 10.7. The van der Waals surface area contributed by atoms with Crippen LogP contribution in [0.4, 0.5) is 0 Å². The predicted molar refractivity (Wildman–Crippen MR) is 67.7 cm³/mol. The number of carbonyl (C=O) groups is 2. The maximum atomic E-state index is 11.1. The van der Waals surface area contributed by atoms with Gasteiger partial charge in [-0.1, -0.05) is 12.1 Å². The summed E-state index contributed by atoms with van der Waals surface area (Å²) in [6, 6.07) is 7.64. The zero-order chi connectivity index (χ0) is 13.5. The van der Waals surface area contributed by atoms with Gasteiger partial charge in [-0.15, -0.1) is 0 Å². The molecule has 0 aliphatic carbocycles. The van der Waals surface area contributed by atoms with Crippen LogP contribution in [0, 0.1) is 5.92 Å². The van der Waals surface area contributed by atoms with Crippen molar-refractivity contribution in [1.29, 1.82) is 0 Å². The first-order valence-electron chi connectivity index (χ1n) is 5.90. The quantitative estimate of drug-likeness (QED) is 0.754. The van der Waals surface area contributed by atoms with E-state index < -0.39 is 11.9 Å². The molecule has 0 saturated carbocycles. The molecule has 0 spiro atoms. The Morgan fingerprint density at radius 3 is 2.67 bits per heavy atom. The Morgan fingerprint density at radius 1 is 1.39 bits per heavy atom. The van der Waals surface area contributed by atoms with E-state index in [1.807, 2.05) is 24.3 Å². The standard InChI is InChI=1S/C14H18O4/c1-10(15)13(14(16)17)8-4-6-11-5-3-7-12(9-11)18-2/h3,5,7,9,13H,4,6,8H2,1-2H3,(H,16,17). The van der Waals surface area contributed by atoms with E-state index in [2.05, 4.69) is 0 Å². The van der Waals surface area contributed by atoms with Crippen molar-refractivity contribution < 1.29 is 19.4 Å². The highest BCUT2D eigenvalue weighted by molar-refractivity contribution is 5.96. The number of ether oxygens (including phenoxy) is 1. The highest BCUT2D eigenvalue weighted by Gasteiger charge is 2.21. The fourth-order valence-electron chi connectivity index (χ4n) is 1.84. The maximum Gasteiger partial charge on any atom is 0.314 e. The number of carboxylic acid groups (broad SMARTS) is 1. The number of aliphatic carboxylic acids is 1. The topological polar surface area (TPSA) is 63.6 Å². The summed E-state index contributed by atoms with van der Waals surface area (Å²) in [6.07, 6.45) is 1.79. The number of ketones is 1. The van der Waals surface area contributed by atoms with Crippen molar-refractivity contribution >= 4 is 11.8 Å². The summed E-state index contributed by atoms with van der Waals surface area (Å²) in [5.74, 6) is -1.41. The normalized spacial score (nSPS) is 11.9. The van der Waals surface area contributed by atoms with Crippen LogP contribution in [0.25, 0.3) is 0 Å². The van der Waals surface area contributed by atoms with E-state index in [1.165, 1.54) is 6.92 Å². The van der Waals surface area contributed by atoms with Gasteiger partial charge in [-0.3, -0.25) is 9.59 Å². The van der Waals surface area contributed by atoms with Gasteiger partial charge in [-0.25, -0.2) is 0 Å². The molecule has 4 heteroatoms. The first-order chi connectivity index (χ1) is 8.54. The van der Waals surface area contributed by atoms with E-state index >= 15 is 0 Å². The van der Waals surface area contributed by atoms with Gasteiger partial charge in [-0.05, 0) is 43.9 Å². The third-order valence-electron chi connectivity index (χ3n) is 2.88. The number of methoxy groups -OCH3 is 1. The van der Waals surface area contributed by atoms with Crippen LogP contribution < -0.4 is 4.74 Å². The lowest BCUT2D eigenvalue weighted by atomic mass is 9.96. The molecule has 1 N–H and O–H groups in total. The lowest BCUT2D eigenvalue weighted by Gasteiger charge is -2.08. The van der Waals surface area contributed by atoms with E-state index in [9.17, 15) is 9.59 Å². The van der Waals surface area contributed by atoms with Crippen molar-refractivity contribution in [3.05, 3.63) is 29.8 Å². The van der Waals surface area contributed by atoms with Gasteiger partial charge in [0.05, 0.1) is 7.11 Å². The van der Waals surface area contributed by atoms with Crippen LogP contribution in [0.5, 0.6) is 5.75 Å². The number of Topliss-reactive ketones (excluding diaryl/α,β-unsaturated/α-hetero) is 1. The van der Waals surface area contributed by atoms with E-state index in [0.717, 1.165) is 17.7 Å². The molecule has 0 bridgehead atoms. The summed E-state index contributed by atoms with van der Waals surface area (Å²) >= 11 is 0. The van der Waals surface area contributed by atoms with Crippen LogP contribution in [0.1, 0.15) is 25.3 Å². The van der Waals surface area contributed by atoms with Crippen LogP contribution in [0.2, 0.25) is 0 Å². The van der Waals surface area contributed by atoms with Crippen molar-refractivity contribution in [2.45, 2.75) is 26.2 Å². The van der Waals surface area contributed by atoms with Crippen LogP contribution in [0.3, 0.4) is 0 Å². The minimum Gasteiger partial charge on any atom is -0.497 e. The molecule has 0 aliphatic rings. The molecule has 18 heavy (non-hydrogen) atoms. The Bertz CT molecular complexity index is 412. The summed E-state index contributed by atoms with van der Waals surface area (Å²) in [4.78, 5) is 22.0. The van der Waals surface area contributed by atoms with Crippen LogP contribution in [-0.2, 0) is 16.0 Å². The molecule has 0 amide bonds. The number of rotatable bonds is 7. The van der Waals surface area contributed by atoms with Crippen LogP contribution >= 0.6 is 0 Å². The molecule has 0 aliphatic heterocycles. The van der Waals surface area contributed by atoms with Gasteiger partial charge in [0.1, 0.15) is 17.5 Å². The maximum absolute atomic E-state index is 11.1. The molecular formula is C14H18O4. The summed E-state index contributed by atoms with van der Waals surface area (Å²) < 4.78 is 5.11. The summed E-state index contributed by atoms with van der Waals surface area (Å²) in [5.41, 5.74) is 1.09. The number of carbonyl (C=O) groups excluding carboxylic acids is 1. The van der Waals surface area contributed by atoms with Crippen molar-refractivity contribution in [2.24, 2.45) is 5.92 Å². The second-order valence-corrected chi connectivity index (χ2v) is 4.25. The zero-order valence-electron chi connectivity index (χ0n) is 10.7. The molecule has 1 aromatic carbocycles. The third-order valence-corrected chi connectivity index (χ3v) is 2.88. The van der Waals surface area contributed by atoms with Gasteiger partial charge in [0.25, 0.3) is 0 Å². The summed E-state index contributed by atoms with van der Waals surface area (Å²) in [6.45, 7) is 1.32. The van der Waals surface area contributed by atoms with Crippen LogP contribution in [0.15, 0.2) is 24.3 Å². The molecule has 1 aromatic rings. The lowest BCUT2D eigenvalue weighted by Crippen LogP contribution is -2.21. The van der Waals surface area contributed by atoms with Crippen molar-refractivity contribution in [3.8, 4) is 5.75 Å². The molecular weight excluding hydrogens is 232 g/mol. The highest BCUT2D eigenvalue weighted by Crippen LogP contribution is 2.16. The molecule has 4 nitrogen and oxygen atoms in total. The lowest BCUT2D eigenvalue weighted by molar-refractivity contribution is -0.146. The minimum atomic E-state index is -1.03. The van der Waals surface area contributed by atoms with Gasteiger partial charge in [0, 0.05) is 0 Å². The largest absolute Gasteiger partial charge is 0.497 e. The number of hydrogen-bond donors (Lipinski definition) is 1. The summed E-state index contributed by atoms with van der Waals surface area (Å²) in [5, 5.41) is 8.88. The Morgan fingerprint density at radius 2 is 2.11 bits per heavy atom. The summed E-state index contributed by atoms with van der Waals surface area (Å²) in [7, 11) is 1.61. The molecule has 0 radical (unpaired) electrons. The van der Waals surface area contributed by atoms with E-state index in [0.29, 0.717) is 12.8 Å². The molecule has 1 atom stereocenters. The number of aryl methyl sites for hydroxylation is 1. The predicted octanol–water partition coefficient (Wildman–Crippen LogP) is 2.31. The first-order valence-corrected chi connectivity index (χ1v) is 5.90. The Kier molecular flexibility index (Phi) is 5.36. The molecule has 1 rings (SSSR count). The van der Waals surface area contributed by atoms with E-state index in [4.69, 9.17) is 9.84 Å². The highest BCUT2D eigenvalue weighted by atomic mass is 16.5. The number of hydrogen-bond acceptors (Lipinski definition) is 3. The van der Waals surface area contributed by atoms with Crippen molar-refractivity contribution in [1.82, 2.24) is 0 Å². The molecule has 98 valence electrons. The minimum absolute atomic E-state index is 0.284. The van der Waals surface area contributed by atoms with Gasteiger partial charge >= 0.3 is 5.97 Å². The van der Waals surface area contributed by atoms with Gasteiger partial charge < -0.3 is 9.84 Å². The molecule has 0 fully saturated rings. The fraction of sp³-hybridized carbons (Fsp3) is 0.429. The van der Waals surface area contributed by atoms with Gasteiger partial charge in [0.15, 0.2) is 0 Å². The third kappa shape index (κ3) is 4.20. The molecule has 0 heterocycles. The molecule has 0 saturated heterocycles. The van der Waals surface area contributed by atoms with Gasteiger partial charge in [-0.2, -0.15) is 0 Å². The molecule has 1 unspecified atom stereocenters. The Balaban J connectivity index is 2.49. The van der Waals surface area contributed by atoms with E-state index in [1.54, 1.807) is 7.11 Å². The number of carboxylic acids is 1. The monoisotopic (exact) mass is 250 g/mol. The second kappa shape index (κ2) is 6.79. The first kappa shape index (κ1) is 14.2. The Labute approximate surface area is 107 Å². The number of benzene rings is 1. The van der Waals surface area contributed by atoms with E-state index in [-0.39, 0.29) is 5.78 Å². The smallest absolute Gasteiger partial charge is 0.314 e. The SMILES string of the molecule is COc1cccc(CCCC(C(C)=O)C(=O)O)c1. The van der Waals surface area contributed by atoms with Gasteiger partial charge in [0.2, 0.25) is 0 Å². The van der Waals surface area contributed by atoms with Crippen molar-refractivity contribution in [3.63, 3.8) is 0 Å². The fourth-order valence-corrected chi connectivity index (χ4v) is 1.84. The second-order valence-electron chi connectivity index (χ2n) is 4.25. The Hall–Kier alpha value is -1.84. The average molecular weight is 250 g/mol.